The van der Waals surface area contributed by atoms with Crippen LogP contribution in [0.2, 0.25) is 0 Å². The molecule has 0 spiro atoms. The fraction of sp³-hybridized carbons (Fsp3) is 0.364. The number of β-amino-alcohol motifs (C(OH)–C–C–N with tert-alkyl or cyclic N) is 1. The molecule has 29 heavy (non-hydrogen) atoms. The van der Waals surface area contributed by atoms with Gasteiger partial charge in [0.25, 0.3) is 5.69 Å². The van der Waals surface area contributed by atoms with Crippen molar-refractivity contribution in [1.29, 1.82) is 0 Å². The fourth-order valence-corrected chi connectivity index (χ4v) is 5.45. The van der Waals surface area contributed by atoms with Crippen LogP contribution in [0.25, 0.3) is 10.9 Å². The maximum atomic E-state index is 12.0. The molecule has 2 unspecified atom stereocenters. The summed E-state index contributed by atoms with van der Waals surface area (Å²) >= 11 is 0. The minimum Gasteiger partial charge on any atom is -0.508 e. The maximum absolute atomic E-state index is 12.0. The van der Waals surface area contributed by atoms with Gasteiger partial charge in [-0.15, -0.1) is 0 Å². The van der Waals surface area contributed by atoms with E-state index in [1.165, 1.54) is 6.07 Å². The van der Waals surface area contributed by atoms with Gasteiger partial charge in [-0.05, 0) is 49.3 Å². The SMILES string of the molecule is CN1CCC2(c3cccc(O)c3)Cc3[nH]c4cc([N+](=O)[O-])ccc4c3CC2(O)C1. The highest BCUT2D eigenvalue weighted by Gasteiger charge is 2.57. The van der Waals surface area contributed by atoms with Crippen LogP contribution in [0.1, 0.15) is 23.2 Å². The first-order chi connectivity index (χ1) is 13.8. The fourth-order valence-electron chi connectivity index (χ4n) is 5.45. The molecule has 2 aromatic carbocycles. The number of phenolic OH excluding ortho intramolecular Hbond substituents is 1. The number of hydrogen-bond donors (Lipinski definition) is 3. The number of piperidine rings is 1. The van der Waals surface area contributed by atoms with Gasteiger partial charge in [-0.2, -0.15) is 0 Å². The van der Waals surface area contributed by atoms with Crippen LogP contribution in [-0.4, -0.2) is 50.8 Å². The predicted molar refractivity (Wildman–Crippen MR) is 109 cm³/mol. The number of hydrogen-bond acceptors (Lipinski definition) is 5. The number of benzene rings is 2. The van der Waals surface area contributed by atoms with Crippen molar-refractivity contribution < 1.29 is 15.1 Å². The number of likely N-dealkylation sites (tertiary alicyclic amines) is 1. The van der Waals surface area contributed by atoms with E-state index in [2.05, 4.69) is 9.88 Å². The first kappa shape index (κ1) is 18.1. The van der Waals surface area contributed by atoms with Crippen molar-refractivity contribution in [2.24, 2.45) is 0 Å². The molecule has 0 saturated carbocycles. The number of rotatable bonds is 2. The van der Waals surface area contributed by atoms with Crippen LogP contribution in [0.3, 0.4) is 0 Å². The Morgan fingerprint density at radius 2 is 2.03 bits per heavy atom. The molecule has 5 rings (SSSR count). The van der Waals surface area contributed by atoms with Crippen LogP contribution in [0, 0.1) is 10.1 Å². The number of aromatic amines is 1. The molecule has 3 aromatic rings. The summed E-state index contributed by atoms with van der Waals surface area (Å²) in [6, 6.07) is 12.1. The summed E-state index contributed by atoms with van der Waals surface area (Å²) in [5.41, 5.74) is 2.22. The van der Waals surface area contributed by atoms with E-state index in [4.69, 9.17) is 0 Å². The summed E-state index contributed by atoms with van der Waals surface area (Å²) in [7, 11) is 2.01. The molecule has 7 nitrogen and oxygen atoms in total. The molecule has 1 saturated heterocycles. The van der Waals surface area contributed by atoms with E-state index >= 15 is 0 Å². The maximum Gasteiger partial charge on any atom is 0.271 e. The van der Waals surface area contributed by atoms with Crippen molar-refractivity contribution in [3.8, 4) is 5.75 Å². The summed E-state index contributed by atoms with van der Waals surface area (Å²) in [6.07, 6.45) is 1.82. The van der Waals surface area contributed by atoms with Crippen LogP contribution >= 0.6 is 0 Å². The van der Waals surface area contributed by atoms with E-state index in [1.54, 1.807) is 24.3 Å². The highest BCUT2D eigenvalue weighted by molar-refractivity contribution is 5.87. The van der Waals surface area contributed by atoms with Crippen LogP contribution in [0.4, 0.5) is 5.69 Å². The zero-order chi connectivity index (χ0) is 20.4. The van der Waals surface area contributed by atoms with E-state index in [0.29, 0.717) is 19.4 Å². The van der Waals surface area contributed by atoms with Gasteiger partial charge in [-0.25, -0.2) is 0 Å². The summed E-state index contributed by atoms with van der Waals surface area (Å²) in [5.74, 6) is 0.191. The monoisotopic (exact) mass is 393 g/mol. The summed E-state index contributed by atoms with van der Waals surface area (Å²) in [5, 5.41) is 34.2. The summed E-state index contributed by atoms with van der Waals surface area (Å²) < 4.78 is 0. The molecule has 2 aliphatic rings. The molecule has 7 heteroatoms. The molecule has 2 atom stereocenters. The number of nitro groups is 1. The standard InChI is InChI=1S/C22H23N3O4/c1-24-8-7-21(14-3-2-4-16(26)9-14)12-20-18(11-22(21,27)13-24)17-6-5-15(25(28)29)10-19(17)23-20/h2-6,9-10,23,26-27H,7-8,11-13H2,1H3. The lowest BCUT2D eigenvalue weighted by molar-refractivity contribution is -0.384. The quantitative estimate of drug-likeness (QED) is 0.459. The second kappa shape index (κ2) is 6.05. The molecule has 0 amide bonds. The number of likely N-dealkylation sites (N-methyl/N-ethyl adjacent to an activating group) is 1. The highest BCUT2D eigenvalue weighted by Crippen LogP contribution is 2.51. The Labute approximate surface area is 167 Å². The molecular weight excluding hydrogens is 370 g/mol. The summed E-state index contributed by atoms with van der Waals surface area (Å²) in [4.78, 5) is 16.3. The van der Waals surface area contributed by atoms with Crippen molar-refractivity contribution in [2.45, 2.75) is 30.3 Å². The predicted octanol–water partition coefficient (Wildman–Crippen LogP) is 2.88. The second-order valence-electron chi connectivity index (χ2n) is 8.57. The number of nitrogens with one attached hydrogen (secondary N) is 1. The van der Waals surface area contributed by atoms with Crippen molar-refractivity contribution in [3.05, 3.63) is 69.4 Å². The molecule has 150 valence electrons. The summed E-state index contributed by atoms with van der Waals surface area (Å²) in [6.45, 7) is 1.38. The van der Waals surface area contributed by atoms with E-state index in [-0.39, 0.29) is 11.4 Å². The van der Waals surface area contributed by atoms with E-state index in [0.717, 1.165) is 40.7 Å². The minimum absolute atomic E-state index is 0.0506. The average Bonchev–Trinajstić information content (AvgIpc) is 3.01. The Morgan fingerprint density at radius 1 is 1.21 bits per heavy atom. The number of aromatic hydroxyl groups is 1. The Kier molecular flexibility index (Phi) is 3.78. The van der Waals surface area contributed by atoms with Gasteiger partial charge >= 0.3 is 0 Å². The van der Waals surface area contributed by atoms with Gasteiger partial charge in [0.05, 0.1) is 16.0 Å². The first-order valence-corrected chi connectivity index (χ1v) is 9.80. The van der Waals surface area contributed by atoms with Gasteiger partial charge < -0.3 is 20.1 Å². The zero-order valence-corrected chi connectivity index (χ0v) is 16.2. The van der Waals surface area contributed by atoms with Crippen molar-refractivity contribution in [3.63, 3.8) is 0 Å². The van der Waals surface area contributed by atoms with Gasteiger partial charge in [-0.3, -0.25) is 10.1 Å². The third-order valence-corrected chi connectivity index (χ3v) is 6.88. The van der Waals surface area contributed by atoms with Gasteiger partial charge in [0.1, 0.15) is 5.75 Å². The number of fused-ring (bicyclic) bond motifs is 4. The van der Waals surface area contributed by atoms with Crippen molar-refractivity contribution in [1.82, 2.24) is 9.88 Å². The molecular formula is C22H23N3O4. The number of non-ortho nitro benzene ring substituents is 1. The number of nitro benzene ring substituents is 1. The van der Waals surface area contributed by atoms with Gasteiger partial charge in [-0.1, -0.05) is 12.1 Å². The first-order valence-electron chi connectivity index (χ1n) is 9.80. The van der Waals surface area contributed by atoms with Gasteiger partial charge in [0.15, 0.2) is 0 Å². The Hall–Kier alpha value is -2.90. The van der Waals surface area contributed by atoms with Gasteiger partial charge in [0.2, 0.25) is 0 Å². The van der Waals surface area contributed by atoms with Crippen LogP contribution in [-0.2, 0) is 18.3 Å². The lowest BCUT2D eigenvalue weighted by Gasteiger charge is -2.55. The number of nitrogens with zero attached hydrogens (tertiary/aromatic N) is 2. The van der Waals surface area contributed by atoms with Crippen molar-refractivity contribution >= 4 is 16.6 Å². The lowest BCUT2D eigenvalue weighted by atomic mass is 9.56. The molecule has 1 aliphatic heterocycles. The molecule has 1 aliphatic carbocycles. The Bertz CT molecular complexity index is 1140. The smallest absolute Gasteiger partial charge is 0.271 e. The minimum atomic E-state index is -1.00. The molecule has 3 N–H and O–H groups in total. The second-order valence-corrected chi connectivity index (χ2v) is 8.57. The normalized spacial score (nSPS) is 26.8. The number of aromatic nitrogens is 1. The van der Waals surface area contributed by atoms with Crippen molar-refractivity contribution in [2.75, 3.05) is 20.1 Å². The number of phenols is 1. The van der Waals surface area contributed by atoms with E-state index < -0.39 is 15.9 Å². The van der Waals surface area contributed by atoms with E-state index in [1.807, 2.05) is 19.2 Å². The molecule has 0 bridgehead atoms. The lowest BCUT2D eigenvalue weighted by Crippen LogP contribution is -2.65. The van der Waals surface area contributed by atoms with Crippen LogP contribution < -0.4 is 0 Å². The molecule has 1 aromatic heterocycles. The van der Waals surface area contributed by atoms with Crippen LogP contribution in [0.15, 0.2) is 42.5 Å². The third-order valence-electron chi connectivity index (χ3n) is 6.88. The molecule has 2 heterocycles. The number of aliphatic hydroxyl groups is 1. The van der Waals surface area contributed by atoms with Gasteiger partial charge in [0, 0.05) is 48.0 Å². The van der Waals surface area contributed by atoms with Crippen LogP contribution in [0.5, 0.6) is 5.75 Å². The average molecular weight is 393 g/mol. The third kappa shape index (κ3) is 2.58. The molecule has 1 fully saturated rings. The Balaban J connectivity index is 1.70. The topological polar surface area (TPSA) is 103 Å². The Morgan fingerprint density at radius 3 is 2.79 bits per heavy atom. The van der Waals surface area contributed by atoms with E-state index in [9.17, 15) is 20.3 Å². The molecule has 0 radical (unpaired) electrons. The largest absolute Gasteiger partial charge is 0.508 e. The number of H-pyrrole nitrogens is 1. The highest BCUT2D eigenvalue weighted by atomic mass is 16.6. The zero-order valence-electron chi connectivity index (χ0n) is 16.2.